The van der Waals surface area contributed by atoms with Crippen LogP contribution in [-0.4, -0.2) is 26.2 Å². The first-order chi connectivity index (χ1) is 7.34. The molecule has 1 aromatic heterocycles. The van der Waals surface area contributed by atoms with E-state index in [0.29, 0.717) is 0 Å². The molecule has 0 aromatic carbocycles. The molecule has 92 valence electrons. The molecule has 0 radical (unpaired) electrons. The highest BCUT2D eigenvalue weighted by atomic mass is 32.2. The van der Waals surface area contributed by atoms with E-state index >= 15 is 0 Å². The monoisotopic (exact) mass is 243 g/mol. The van der Waals surface area contributed by atoms with Crippen molar-refractivity contribution in [1.82, 2.24) is 9.78 Å². The SMILES string of the molecule is Cc1nn(C(C)C)c(SC(C)C(C)O)c1N. The van der Waals surface area contributed by atoms with Crippen LogP contribution in [0.15, 0.2) is 5.03 Å². The molecule has 0 aliphatic carbocycles. The second-order valence-electron chi connectivity index (χ2n) is 4.41. The third kappa shape index (κ3) is 2.71. The summed E-state index contributed by atoms with van der Waals surface area (Å²) in [6.07, 6.45) is -0.361. The van der Waals surface area contributed by atoms with Crippen molar-refractivity contribution >= 4 is 17.4 Å². The number of hydrogen-bond donors (Lipinski definition) is 2. The average molecular weight is 243 g/mol. The fourth-order valence-corrected chi connectivity index (χ4v) is 2.46. The Hall–Kier alpha value is -0.680. The van der Waals surface area contributed by atoms with E-state index in [1.165, 1.54) is 0 Å². The topological polar surface area (TPSA) is 64.1 Å². The van der Waals surface area contributed by atoms with Gasteiger partial charge in [0.15, 0.2) is 0 Å². The number of aromatic nitrogens is 2. The number of nitrogens with zero attached hydrogens (tertiary/aromatic N) is 2. The molecule has 0 spiro atoms. The molecule has 3 N–H and O–H groups in total. The number of aryl methyl sites for hydroxylation is 1. The maximum Gasteiger partial charge on any atom is 0.118 e. The van der Waals surface area contributed by atoms with Gasteiger partial charge >= 0.3 is 0 Å². The van der Waals surface area contributed by atoms with Crippen molar-refractivity contribution in [2.45, 2.75) is 57.0 Å². The number of aliphatic hydroxyl groups excluding tert-OH is 1. The van der Waals surface area contributed by atoms with Crippen LogP contribution in [0.5, 0.6) is 0 Å². The zero-order valence-corrected chi connectivity index (χ0v) is 11.4. The van der Waals surface area contributed by atoms with Gasteiger partial charge in [-0.15, -0.1) is 0 Å². The molecule has 0 bridgehead atoms. The second kappa shape index (κ2) is 5.10. The Kier molecular flexibility index (Phi) is 4.27. The van der Waals surface area contributed by atoms with E-state index in [2.05, 4.69) is 18.9 Å². The van der Waals surface area contributed by atoms with Gasteiger partial charge in [-0.05, 0) is 27.7 Å². The third-order valence-corrected chi connectivity index (χ3v) is 3.95. The molecule has 4 nitrogen and oxygen atoms in total. The Bertz CT molecular complexity index is 360. The fourth-order valence-electron chi connectivity index (χ4n) is 1.28. The summed E-state index contributed by atoms with van der Waals surface area (Å²) in [6, 6.07) is 0.277. The predicted octanol–water partition coefficient (Wildman–Crippen LogP) is 2.22. The Morgan fingerprint density at radius 2 is 1.88 bits per heavy atom. The van der Waals surface area contributed by atoms with Crippen molar-refractivity contribution in [3.05, 3.63) is 5.69 Å². The van der Waals surface area contributed by atoms with Crippen molar-refractivity contribution < 1.29 is 5.11 Å². The molecule has 2 unspecified atom stereocenters. The molecule has 0 saturated heterocycles. The van der Waals surface area contributed by atoms with E-state index in [1.54, 1.807) is 18.7 Å². The molecule has 16 heavy (non-hydrogen) atoms. The lowest BCUT2D eigenvalue weighted by Gasteiger charge is -2.17. The van der Waals surface area contributed by atoms with Gasteiger partial charge in [0.25, 0.3) is 0 Å². The summed E-state index contributed by atoms with van der Waals surface area (Å²) in [6.45, 7) is 9.83. The first-order valence-electron chi connectivity index (χ1n) is 5.53. The zero-order chi connectivity index (χ0) is 12.5. The Labute approximate surface area is 101 Å². The molecule has 5 heteroatoms. The molecule has 0 saturated carbocycles. The lowest BCUT2D eigenvalue weighted by molar-refractivity contribution is 0.196. The maximum absolute atomic E-state index is 9.52. The van der Waals surface area contributed by atoms with Gasteiger partial charge in [0, 0.05) is 11.3 Å². The number of aliphatic hydroxyl groups is 1. The van der Waals surface area contributed by atoms with Crippen molar-refractivity contribution in [2.75, 3.05) is 5.73 Å². The van der Waals surface area contributed by atoms with Gasteiger partial charge in [0.2, 0.25) is 0 Å². The number of anilines is 1. The first kappa shape index (κ1) is 13.4. The van der Waals surface area contributed by atoms with Crippen molar-refractivity contribution in [3.63, 3.8) is 0 Å². The molecule has 1 aromatic rings. The molecule has 1 heterocycles. The largest absolute Gasteiger partial charge is 0.395 e. The maximum atomic E-state index is 9.52. The Morgan fingerprint density at radius 3 is 2.31 bits per heavy atom. The van der Waals surface area contributed by atoms with Crippen LogP contribution < -0.4 is 5.73 Å². The van der Waals surface area contributed by atoms with E-state index in [-0.39, 0.29) is 17.4 Å². The van der Waals surface area contributed by atoms with E-state index in [1.807, 2.05) is 18.5 Å². The quantitative estimate of drug-likeness (QED) is 0.796. The van der Waals surface area contributed by atoms with Crippen LogP contribution in [0.2, 0.25) is 0 Å². The first-order valence-corrected chi connectivity index (χ1v) is 6.41. The van der Waals surface area contributed by atoms with Gasteiger partial charge in [0.1, 0.15) is 5.03 Å². The van der Waals surface area contributed by atoms with Gasteiger partial charge in [0.05, 0.1) is 17.5 Å². The molecule has 2 atom stereocenters. The molecule has 0 aliphatic rings. The molecule has 0 amide bonds. The van der Waals surface area contributed by atoms with Gasteiger partial charge in [-0.1, -0.05) is 18.7 Å². The molecular formula is C11H21N3OS. The minimum atomic E-state index is -0.361. The summed E-state index contributed by atoms with van der Waals surface area (Å²) >= 11 is 1.58. The molecule has 0 fully saturated rings. The van der Waals surface area contributed by atoms with Gasteiger partial charge in [-0.25, -0.2) is 0 Å². The van der Waals surface area contributed by atoms with Crippen LogP contribution in [0, 0.1) is 6.92 Å². The summed E-state index contributed by atoms with van der Waals surface area (Å²) < 4.78 is 1.92. The van der Waals surface area contributed by atoms with Crippen LogP contribution >= 0.6 is 11.8 Å². The van der Waals surface area contributed by atoms with E-state index in [0.717, 1.165) is 16.4 Å². The Balaban J connectivity index is 3.02. The molecular weight excluding hydrogens is 222 g/mol. The van der Waals surface area contributed by atoms with Crippen molar-refractivity contribution in [2.24, 2.45) is 0 Å². The van der Waals surface area contributed by atoms with Crippen molar-refractivity contribution in [1.29, 1.82) is 0 Å². The Morgan fingerprint density at radius 1 is 1.31 bits per heavy atom. The highest BCUT2D eigenvalue weighted by Gasteiger charge is 2.19. The third-order valence-electron chi connectivity index (χ3n) is 2.55. The summed E-state index contributed by atoms with van der Waals surface area (Å²) in [5.41, 5.74) is 7.59. The van der Waals surface area contributed by atoms with Gasteiger partial charge in [-0.3, -0.25) is 4.68 Å². The second-order valence-corrected chi connectivity index (χ2v) is 5.77. The number of nitrogens with two attached hydrogens (primary N) is 1. The fraction of sp³-hybridized carbons (Fsp3) is 0.727. The summed E-state index contributed by atoms with van der Waals surface area (Å²) in [4.78, 5) is 0. The minimum Gasteiger partial charge on any atom is -0.395 e. The summed E-state index contributed by atoms with van der Waals surface area (Å²) in [5.74, 6) is 0. The van der Waals surface area contributed by atoms with Crippen LogP contribution in [0.1, 0.15) is 39.4 Å². The highest BCUT2D eigenvalue weighted by Crippen LogP contribution is 2.33. The van der Waals surface area contributed by atoms with Crippen LogP contribution in [-0.2, 0) is 0 Å². The van der Waals surface area contributed by atoms with Crippen LogP contribution in [0.4, 0.5) is 5.69 Å². The standard InChI is InChI=1S/C11H21N3OS/c1-6(2)14-11(10(12)7(3)13-14)16-9(5)8(4)15/h6,8-9,15H,12H2,1-5H3. The van der Waals surface area contributed by atoms with Crippen LogP contribution in [0.25, 0.3) is 0 Å². The number of nitrogen functional groups attached to an aromatic ring is 1. The zero-order valence-electron chi connectivity index (χ0n) is 10.6. The number of thioether (sulfide) groups is 1. The number of rotatable bonds is 4. The van der Waals surface area contributed by atoms with Gasteiger partial charge in [-0.2, -0.15) is 5.10 Å². The average Bonchev–Trinajstić information content (AvgIpc) is 2.45. The summed E-state index contributed by atoms with van der Waals surface area (Å²) in [5, 5.41) is 15.0. The smallest absolute Gasteiger partial charge is 0.118 e. The van der Waals surface area contributed by atoms with E-state index in [9.17, 15) is 5.11 Å². The number of hydrogen-bond acceptors (Lipinski definition) is 4. The molecule has 0 aliphatic heterocycles. The van der Waals surface area contributed by atoms with Gasteiger partial charge < -0.3 is 10.8 Å². The van der Waals surface area contributed by atoms with Crippen molar-refractivity contribution in [3.8, 4) is 0 Å². The minimum absolute atomic E-state index is 0.107. The normalized spacial score (nSPS) is 15.4. The summed E-state index contributed by atoms with van der Waals surface area (Å²) in [7, 11) is 0. The lowest BCUT2D eigenvalue weighted by atomic mass is 10.3. The van der Waals surface area contributed by atoms with E-state index in [4.69, 9.17) is 5.73 Å². The highest BCUT2D eigenvalue weighted by molar-refractivity contribution is 8.00. The van der Waals surface area contributed by atoms with Crippen LogP contribution in [0.3, 0.4) is 0 Å². The predicted molar refractivity (Wildman–Crippen MR) is 68.8 cm³/mol. The molecule has 1 rings (SSSR count). The lowest BCUT2D eigenvalue weighted by Crippen LogP contribution is -2.16. The van der Waals surface area contributed by atoms with E-state index < -0.39 is 0 Å².